The lowest BCUT2D eigenvalue weighted by Crippen LogP contribution is -2.36. The van der Waals surface area contributed by atoms with Crippen LogP contribution in [0.25, 0.3) is 0 Å². The summed E-state index contributed by atoms with van der Waals surface area (Å²) in [6, 6.07) is 10.5. The molecule has 2 rings (SSSR count). The van der Waals surface area contributed by atoms with E-state index in [9.17, 15) is 22.8 Å². The summed E-state index contributed by atoms with van der Waals surface area (Å²) in [7, 11) is 0. The zero-order chi connectivity index (χ0) is 20.7. The average Bonchev–Trinajstić information content (AvgIpc) is 2.66. The maximum Gasteiger partial charge on any atom is 0.416 e. The van der Waals surface area contributed by atoms with E-state index < -0.39 is 23.8 Å². The van der Waals surface area contributed by atoms with Gasteiger partial charge in [0.05, 0.1) is 11.6 Å². The molecule has 28 heavy (non-hydrogen) atoms. The molecule has 0 aromatic heterocycles. The quantitative estimate of drug-likeness (QED) is 0.694. The van der Waals surface area contributed by atoms with E-state index in [0.717, 1.165) is 17.7 Å². The van der Waals surface area contributed by atoms with Crippen LogP contribution in [0.5, 0.6) is 0 Å². The number of amides is 3. The predicted molar refractivity (Wildman–Crippen MR) is 99.7 cm³/mol. The first-order valence-electron chi connectivity index (χ1n) is 8.79. The number of benzene rings is 2. The fourth-order valence-corrected chi connectivity index (χ4v) is 2.53. The van der Waals surface area contributed by atoms with Gasteiger partial charge in [-0.2, -0.15) is 13.2 Å². The molecule has 0 heterocycles. The van der Waals surface area contributed by atoms with Crippen molar-refractivity contribution in [1.82, 2.24) is 16.0 Å². The van der Waals surface area contributed by atoms with Crippen molar-refractivity contribution in [2.24, 2.45) is 0 Å². The lowest BCUT2D eigenvalue weighted by molar-refractivity contribution is -0.137. The SMILES string of the molecule is CCNC(=O)c1ccc(CNC(=O)NC(C)c2cccc(C(F)(F)F)c2)cc1. The van der Waals surface area contributed by atoms with Crippen LogP contribution in [0.3, 0.4) is 0 Å². The summed E-state index contributed by atoms with van der Waals surface area (Å²) in [4.78, 5) is 23.7. The molecule has 0 bridgehead atoms. The summed E-state index contributed by atoms with van der Waals surface area (Å²) in [5, 5.41) is 7.95. The number of alkyl halides is 3. The number of carbonyl (C=O) groups excluding carboxylic acids is 2. The van der Waals surface area contributed by atoms with Crippen LogP contribution in [0.4, 0.5) is 18.0 Å². The fourth-order valence-electron chi connectivity index (χ4n) is 2.53. The van der Waals surface area contributed by atoms with Gasteiger partial charge in [-0.3, -0.25) is 4.79 Å². The van der Waals surface area contributed by atoms with Crippen LogP contribution in [0, 0.1) is 0 Å². The lowest BCUT2D eigenvalue weighted by Gasteiger charge is -2.17. The molecule has 0 radical (unpaired) electrons. The van der Waals surface area contributed by atoms with E-state index >= 15 is 0 Å². The highest BCUT2D eigenvalue weighted by Gasteiger charge is 2.30. The van der Waals surface area contributed by atoms with Gasteiger partial charge in [0, 0.05) is 18.7 Å². The zero-order valence-corrected chi connectivity index (χ0v) is 15.6. The van der Waals surface area contributed by atoms with Gasteiger partial charge in [0.2, 0.25) is 0 Å². The Kier molecular flexibility index (Phi) is 7.03. The van der Waals surface area contributed by atoms with Gasteiger partial charge in [0.25, 0.3) is 5.91 Å². The largest absolute Gasteiger partial charge is 0.416 e. The molecular weight excluding hydrogens is 371 g/mol. The maximum atomic E-state index is 12.8. The summed E-state index contributed by atoms with van der Waals surface area (Å²) in [6.45, 7) is 4.19. The molecule has 0 aliphatic heterocycles. The number of urea groups is 1. The van der Waals surface area contributed by atoms with E-state index in [2.05, 4.69) is 16.0 Å². The Hall–Kier alpha value is -3.03. The topological polar surface area (TPSA) is 70.2 Å². The Balaban J connectivity index is 1.89. The smallest absolute Gasteiger partial charge is 0.352 e. The molecule has 0 aliphatic rings. The second kappa shape index (κ2) is 9.25. The fraction of sp³-hybridized carbons (Fsp3) is 0.300. The molecule has 1 atom stereocenters. The third-order valence-corrected chi connectivity index (χ3v) is 4.07. The van der Waals surface area contributed by atoms with E-state index in [1.807, 2.05) is 6.92 Å². The van der Waals surface area contributed by atoms with E-state index in [-0.39, 0.29) is 12.5 Å². The third-order valence-electron chi connectivity index (χ3n) is 4.07. The van der Waals surface area contributed by atoms with Gasteiger partial charge in [-0.15, -0.1) is 0 Å². The van der Waals surface area contributed by atoms with Gasteiger partial charge < -0.3 is 16.0 Å². The minimum absolute atomic E-state index is 0.172. The van der Waals surface area contributed by atoms with Crippen molar-refractivity contribution in [3.8, 4) is 0 Å². The molecule has 5 nitrogen and oxygen atoms in total. The van der Waals surface area contributed by atoms with Gasteiger partial charge in [0.1, 0.15) is 0 Å². The van der Waals surface area contributed by atoms with Crippen LogP contribution < -0.4 is 16.0 Å². The number of hydrogen-bond acceptors (Lipinski definition) is 2. The van der Waals surface area contributed by atoms with Crippen LogP contribution in [0.1, 0.15) is 46.9 Å². The molecule has 2 aromatic rings. The minimum atomic E-state index is -4.43. The molecule has 3 amide bonds. The molecule has 3 N–H and O–H groups in total. The zero-order valence-electron chi connectivity index (χ0n) is 15.6. The summed E-state index contributed by atoms with van der Waals surface area (Å²) in [5.74, 6) is -0.172. The Morgan fingerprint density at radius 3 is 2.32 bits per heavy atom. The molecular formula is C20H22F3N3O2. The summed E-state index contributed by atoms with van der Waals surface area (Å²) in [6.07, 6.45) is -4.43. The number of halogens is 3. The highest BCUT2D eigenvalue weighted by atomic mass is 19.4. The number of nitrogens with one attached hydrogen (secondary N) is 3. The number of carbonyl (C=O) groups is 2. The van der Waals surface area contributed by atoms with Crippen molar-refractivity contribution in [1.29, 1.82) is 0 Å². The van der Waals surface area contributed by atoms with E-state index in [1.165, 1.54) is 12.1 Å². The van der Waals surface area contributed by atoms with Crippen molar-refractivity contribution < 1.29 is 22.8 Å². The highest BCUT2D eigenvalue weighted by Crippen LogP contribution is 2.30. The molecule has 1 unspecified atom stereocenters. The molecule has 0 saturated carbocycles. The maximum absolute atomic E-state index is 12.8. The monoisotopic (exact) mass is 393 g/mol. The molecule has 0 aliphatic carbocycles. The van der Waals surface area contributed by atoms with Crippen LogP contribution in [0.15, 0.2) is 48.5 Å². The lowest BCUT2D eigenvalue weighted by atomic mass is 10.1. The van der Waals surface area contributed by atoms with Crippen molar-refractivity contribution >= 4 is 11.9 Å². The van der Waals surface area contributed by atoms with E-state index in [4.69, 9.17) is 0 Å². The Morgan fingerprint density at radius 2 is 1.71 bits per heavy atom. The third kappa shape index (κ3) is 6.00. The minimum Gasteiger partial charge on any atom is -0.352 e. The number of hydrogen-bond donors (Lipinski definition) is 3. The molecule has 2 aromatic carbocycles. The van der Waals surface area contributed by atoms with E-state index in [1.54, 1.807) is 31.2 Å². The molecule has 0 spiro atoms. The normalized spacial score (nSPS) is 12.2. The molecule has 8 heteroatoms. The van der Waals surface area contributed by atoms with Gasteiger partial charge in [-0.05, 0) is 49.2 Å². The van der Waals surface area contributed by atoms with Crippen molar-refractivity contribution in [3.05, 3.63) is 70.8 Å². The van der Waals surface area contributed by atoms with E-state index in [0.29, 0.717) is 17.7 Å². The number of rotatable bonds is 6. The van der Waals surface area contributed by atoms with Gasteiger partial charge in [0.15, 0.2) is 0 Å². The average molecular weight is 393 g/mol. The second-order valence-corrected chi connectivity index (χ2v) is 6.23. The first-order chi connectivity index (χ1) is 13.2. The predicted octanol–water partition coefficient (Wildman–Crippen LogP) is 4.02. The summed E-state index contributed by atoms with van der Waals surface area (Å²) < 4.78 is 38.4. The first kappa shape index (κ1) is 21.3. The van der Waals surface area contributed by atoms with Crippen LogP contribution in [-0.2, 0) is 12.7 Å². The Labute approximate surface area is 161 Å². The molecule has 150 valence electrons. The first-order valence-corrected chi connectivity index (χ1v) is 8.79. The summed E-state index contributed by atoms with van der Waals surface area (Å²) >= 11 is 0. The standard InChI is InChI=1S/C20H22F3N3O2/c1-3-24-18(27)15-9-7-14(8-10-15)12-25-19(28)26-13(2)16-5-4-6-17(11-16)20(21,22)23/h4-11,13H,3,12H2,1-2H3,(H,24,27)(H2,25,26,28). The second-order valence-electron chi connectivity index (χ2n) is 6.23. The van der Waals surface area contributed by atoms with Gasteiger partial charge in [-0.25, -0.2) is 4.79 Å². The Bertz CT molecular complexity index is 820. The summed E-state index contributed by atoms with van der Waals surface area (Å²) in [5.41, 5.74) is 0.908. The molecule has 0 saturated heterocycles. The van der Waals surface area contributed by atoms with Gasteiger partial charge >= 0.3 is 12.2 Å². The van der Waals surface area contributed by atoms with Crippen LogP contribution >= 0.6 is 0 Å². The van der Waals surface area contributed by atoms with Crippen LogP contribution in [-0.4, -0.2) is 18.5 Å². The van der Waals surface area contributed by atoms with Gasteiger partial charge in [-0.1, -0.05) is 24.3 Å². The highest BCUT2D eigenvalue weighted by molar-refractivity contribution is 5.94. The molecule has 0 fully saturated rings. The van der Waals surface area contributed by atoms with Crippen molar-refractivity contribution in [3.63, 3.8) is 0 Å². The van der Waals surface area contributed by atoms with Crippen molar-refractivity contribution in [2.75, 3.05) is 6.54 Å². The van der Waals surface area contributed by atoms with Crippen LogP contribution in [0.2, 0.25) is 0 Å². The van der Waals surface area contributed by atoms with Crippen molar-refractivity contribution in [2.45, 2.75) is 32.6 Å². The Morgan fingerprint density at radius 1 is 1.04 bits per heavy atom.